The predicted octanol–water partition coefficient (Wildman–Crippen LogP) is 4.69. The average molecular weight is 555 g/mol. The first-order valence-electron chi connectivity index (χ1n) is 13.3. The second-order valence-corrected chi connectivity index (χ2v) is 9.76. The molecule has 1 heterocycles. The van der Waals surface area contributed by atoms with Crippen LogP contribution in [-0.2, 0) is 35.0 Å². The number of nitrogens with one attached hydrogen (secondary N) is 1. The fourth-order valence-electron chi connectivity index (χ4n) is 4.75. The van der Waals surface area contributed by atoms with E-state index in [2.05, 4.69) is 11.9 Å². The summed E-state index contributed by atoms with van der Waals surface area (Å²) in [5.74, 6) is -1.81. The Kier molecular flexibility index (Phi) is 9.49. The fraction of sp³-hybridized carbons (Fsp3) is 0.242. The summed E-state index contributed by atoms with van der Waals surface area (Å²) >= 11 is 0. The number of rotatable bonds is 12. The van der Waals surface area contributed by atoms with Gasteiger partial charge in [-0.1, -0.05) is 97.1 Å². The van der Waals surface area contributed by atoms with Crippen molar-refractivity contribution in [3.8, 4) is 0 Å². The Morgan fingerprint density at radius 3 is 1.98 bits per heavy atom. The molecular weight excluding hydrogens is 520 g/mol. The highest BCUT2D eigenvalue weighted by Gasteiger charge is 2.66. The molecule has 2 amide bonds. The van der Waals surface area contributed by atoms with Crippen LogP contribution in [0.5, 0.6) is 0 Å². The van der Waals surface area contributed by atoms with Crippen LogP contribution in [0.1, 0.15) is 36.6 Å². The molecule has 0 bridgehead atoms. The number of carbonyl (C=O) groups excluding carboxylic acids is 3. The van der Waals surface area contributed by atoms with Crippen molar-refractivity contribution in [2.45, 2.75) is 38.3 Å². The Hall–Kier alpha value is -4.53. The molecule has 1 aliphatic heterocycles. The van der Waals surface area contributed by atoms with Gasteiger partial charge in [-0.25, -0.2) is 4.79 Å². The molecule has 0 aliphatic carbocycles. The molecule has 0 unspecified atom stereocenters. The van der Waals surface area contributed by atoms with E-state index >= 15 is 0 Å². The largest absolute Gasteiger partial charge is 0.448 e. The van der Waals surface area contributed by atoms with Gasteiger partial charge in [-0.2, -0.15) is 0 Å². The normalized spacial score (nSPS) is 17.9. The molecule has 1 saturated heterocycles. The van der Waals surface area contributed by atoms with Crippen LogP contribution in [0, 0.1) is 0 Å². The molecule has 8 nitrogen and oxygen atoms in total. The number of nitrogens with zero attached hydrogens (tertiary/aromatic N) is 1. The SMILES string of the molecule is C=CCO[C@H]1N(C(C(=O)OC(c2ccccc2)c2ccccc2)=C(C)C)C(=O)[C@]1(NC(=O)Cc1ccccc1)OC. The number of ether oxygens (including phenoxy) is 3. The van der Waals surface area contributed by atoms with Crippen molar-refractivity contribution < 1.29 is 28.6 Å². The molecule has 2 atom stereocenters. The number of β-lactam (4-membered cyclic amide) rings is 1. The Bertz CT molecular complexity index is 1360. The van der Waals surface area contributed by atoms with Crippen molar-refractivity contribution in [3.63, 3.8) is 0 Å². The summed E-state index contributed by atoms with van der Waals surface area (Å²) in [7, 11) is 1.31. The van der Waals surface area contributed by atoms with Gasteiger partial charge in [0.15, 0.2) is 12.3 Å². The lowest BCUT2D eigenvalue weighted by Gasteiger charge is -2.53. The highest BCUT2D eigenvalue weighted by molar-refractivity contribution is 6.03. The van der Waals surface area contributed by atoms with Crippen molar-refractivity contribution >= 4 is 17.8 Å². The first-order valence-corrected chi connectivity index (χ1v) is 13.3. The molecule has 8 heteroatoms. The van der Waals surface area contributed by atoms with Crippen LogP contribution in [-0.4, -0.2) is 48.4 Å². The van der Waals surface area contributed by atoms with Gasteiger partial charge >= 0.3 is 5.97 Å². The van der Waals surface area contributed by atoms with Gasteiger partial charge in [-0.15, -0.1) is 6.58 Å². The minimum atomic E-state index is -1.84. The number of esters is 1. The predicted molar refractivity (Wildman–Crippen MR) is 154 cm³/mol. The van der Waals surface area contributed by atoms with Crippen LogP contribution in [0.4, 0.5) is 0 Å². The molecule has 4 rings (SSSR count). The van der Waals surface area contributed by atoms with Gasteiger partial charge < -0.3 is 19.5 Å². The molecule has 3 aromatic rings. The van der Waals surface area contributed by atoms with Crippen molar-refractivity contribution in [1.29, 1.82) is 0 Å². The van der Waals surface area contributed by atoms with E-state index in [1.807, 2.05) is 91.0 Å². The minimum absolute atomic E-state index is 0.00547. The molecule has 0 saturated carbocycles. The summed E-state index contributed by atoms with van der Waals surface area (Å²) < 4.78 is 17.6. The van der Waals surface area contributed by atoms with Crippen LogP contribution < -0.4 is 5.32 Å². The Morgan fingerprint density at radius 2 is 1.49 bits per heavy atom. The van der Waals surface area contributed by atoms with Crippen LogP contribution in [0.3, 0.4) is 0 Å². The molecule has 0 radical (unpaired) electrons. The molecule has 0 spiro atoms. The second kappa shape index (κ2) is 13.2. The zero-order valence-corrected chi connectivity index (χ0v) is 23.4. The lowest BCUT2D eigenvalue weighted by molar-refractivity contribution is -0.253. The van der Waals surface area contributed by atoms with Gasteiger partial charge in [0.05, 0.1) is 13.0 Å². The number of hydrogen-bond donors (Lipinski definition) is 1. The van der Waals surface area contributed by atoms with E-state index in [0.717, 1.165) is 16.7 Å². The van der Waals surface area contributed by atoms with E-state index in [9.17, 15) is 14.4 Å². The third kappa shape index (κ3) is 6.29. The third-order valence-corrected chi connectivity index (χ3v) is 6.68. The van der Waals surface area contributed by atoms with E-state index < -0.39 is 35.8 Å². The molecule has 1 aliphatic rings. The summed E-state index contributed by atoms with van der Waals surface area (Å²) in [6.45, 7) is 7.13. The lowest BCUT2D eigenvalue weighted by Crippen LogP contribution is -2.81. The van der Waals surface area contributed by atoms with Crippen molar-refractivity contribution in [3.05, 3.63) is 132 Å². The minimum Gasteiger partial charge on any atom is -0.448 e. The highest BCUT2D eigenvalue weighted by atomic mass is 16.6. The maximum absolute atomic E-state index is 13.8. The van der Waals surface area contributed by atoms with E-state index in [-0.39, 0.29) is 18.7 Å². The van der Waals surface area contributed by atoms with E-state index in [4.69, 9.17) is 14.2 Å². The van der Waals surface area contributed by atoms with Crippen LogP contribution in [0.25, 0.3) is 0 Å². The maximum Gasteiger partial charge on any atom is 0.356 e. The summed E-state index contributed by atoms with van der Waals surface area (Å²) in [5, 5.41) is 2.71. The van der Waals surface area contributed by atoms with Crippen molar-refractivity contribution in [2.24, 2.45) is 0 Å². The summed E-state index contributed by atoms with van der Waals surface area (Å²) in [6, 6.07) is 27.8. The van der Waals surface area contributed by atoms with Gasteiger partial charge in [-0.3, -0.25) is 14.5 Å². The van der Waals surface area contributed by atoms with Gasteiger partial charge in [0, 0.05) is 7.11 Å². The first-order chi connectivity index (χ1) is 19.8. The third-order valence-electron chi connectivity index (χ3n) is 6.68. The number of benzene rings is 3. The first kappa shape index (κ1) is 29.5. The Labute approximate surface area is 240 Å². The molecule has 3 aromatic carbocycles. The number of hydrogen-bond acceptors (Lipinski definition) is 6. The number of methoxy groups -OCH3 is 1. The molecular formula is C33H34N2O6. The van der Waals surface area contributed by atoms with Crippen molar-refractivity contribution in [2.75, 3.05) is 13.7 Å². The van der Waals surface area contributed by atoms with Gasteiger partial charge in [0.2, 0.25) is 5.91 Å². The standard InChI is InChI=1S/C33H34N2O6/c1-5-21-40-32-33(39-4,34-27(36)22-24-15-9-6-10-16-24)31(38)35(32)28(23(2)3)30(37)41-29(25-17-11-7-12-18-25)26-19-13-8-14-20-26/h5-20,29,32H,1,21-22H2,2-4H3,(H,34,36)/t32-,33+/m1/s1. The lowest BCUT2D eigenvalue weighted by atomic mass is 9.95. The quantitative estimate of drug-likeness (QED) is 0.115. The van der Waals surface area contributed by atoms with Gasteiger partial charge in [0.25, 0.3) is 11.6 Å². The van der Waals surface area contributed by atoms with E-state index in [1.165, 1.54) is 18.1 Å². The summed E-state index contributed by atoms with van der Waals surface area (Å²) in [4.78, 5) is 41.8. The molecule has 1 N–H and O–H groups in total. The number of carbonyl (C=O) groups is 3. The zero-order chi connectivity index (χ0) is 29.4. The number of likely N-dealkylation sites (tertiary alicyclic amines) is 1. The average Bonchev–Trinajstić information content (AvgIpc) is 2.99. The van der Waals surface area contributed by atoms with Crippen molar-refractivity contribution in [1.82, 2.24) is 10.2 Å². The van der Waals surface area contributed by atoms with Gasteiger partial charge in [0.1, 0.15) is 5.70 Å². The number of amides is 2. The Morgan fingerprint density at radius 1 is 0.951 bits per heavy atom. The Balaban J connectivity index is 1.63. The monoisotopic (exact) mass is 554 g/mol. The highest BCUT2D eigenvalue weighted by Crippen LogP contribution is 2.39. The van der Waals surface area contributed by atoms with Crippen LogP contribution in [0.15, 0.2) is 115 Å². The smallest absolute Gasteiger partial charge is 0.356 e. The second-order valence-electron chi connectivity index (χ2n) is 9.76. The van der Waals surface area contributed by atoms with E-state index in [1.54, 1.807) is 13.8 Å². The zero-order valence-electron chi connectivity index (χ0n) is 23.4. The van der Waals surface area contributed by atoms with Gasteiger partial charge in [-0.05, 0) is 36.1 Å². The number of allylic oxidation sites excluding steroid dienone is 1. The summed E-state index contributed by atoms with van der Waals surface area (Å²) in [6.07, 6.45) is -0.335. The topological polar surface area (TPSA) is 94.2 Å². The summed E-state index contributed by atoms with van der Waals surface area (Å²) in [5.41, 5.74) is 1.00. The molecule has 0 aromatic heterocycles. The van der Waals surface area contributed by atoms with E-state index in [0.29, 0.717) is 5.57 Å². The molecule has 212 valence electrons. The fourth-order valence-corrected chi connectivity index (χ4v) is 4.75. The maximum atomic E-state index is 13.8. The molecule has 1 fully saturated rings. The van der Waals surface area contributed by atoms with Crippen LogP contribution in [0.2, 0.25) is 0 Å². The molecule has 41 heavy (non-hydrogen) atoms. The van der Waals surface area contributed by atoms with Crippen LogP contribution >= 0.6 is 0 Å².